The second-order valence-electron chi connectivity index (χ2n) is 8.17. The van der Waals surface area contributed by atoms with E-state index in [1.165, 1.54) is 38.5 Å². The monoisotopic (exact) mass is 435 g/mol. The Balaban J connectivity index is 0.00000192. The molecule has 0 bridgehead atoms. The van der Waals surface area contributed by atoms with E-state index in [0.717, 1.165) is 19.1 Å². The topological polar surface area (TPSA) is 45.7 Å². The van der Waals surface area contributed by atoms with E-state index in [4.69, 9.17) is 4.74 Å². The van der Waals surface area contributed by atoms with Crippen LogP contribution in [0.3, 0.4) is 0 Å². The van der Waals surface area contributed by atoms with Gasteiger partial charge in [0, 0.05) is 37.6 Å². The highest BCUT2D eigenvalue weighted by Gasteiger charge is 2.59. The highest BCUT2D eigenvalue weighted by Crippen LogP contribution is 2.52. The fourth-order valence-corrected chi connectivity index (χ4v) is 5.01. The Morgan fingerprint density at radius 1 is 1.26 bits per heavy atom. The van der Waals surface area contributed by atoms with Crippen molar-refractivity contribution in [1.29, 1.82) is 0 Å². The highest BCUT2D eigenvalue weighted by molar-refractivity contribution is 14.0. The number of rotatable bonds is 4. The molecular formula is C18H34IN3O. The number of halogens is 1. The molecule has 1 aliphatic heterocycles. The van der Waals surface area contributed by atoms with Crippen LogP contribution in [0.4, 0.5) is 0 Å². The van der Waals surface area contributed by atoms with Gasteiger partial charge in [-0.3, -0.25) is 4.99 Å². The summed E-state index contributed by atoms with van der Waals surface area (Å²) in [5.41, 5.74) is 0.695. The van der Waals surface area contributed by atoms with Gasteiger partial charge >= 0.3 is 0 Å². The summed E-state index contributed by atoms with van der Waals surface area (Å²) < 4.78 is 5.89. The largest absolute Gasteiger partial charge is 0.377 e. The van der Waals surface area contributed by atoms with Gasteiger partial charge in [0.2, 0.25) is 0 Å². The number of aliphatic imine (C=N–C) groups is 1. The predicted molar refractivity (Wildman–Crippen MR) is 107 cm³/mol. The fourth-order valence-electron chi connectivity index (χ4n) is 5.01. The molecule has 3 aliphatic rings. The first kappa shape index (κ1) is 19.3. The first-order valence-electron chi connectivity index (χ1n) is 9.11. The van der Waals surface area contributed by atoms with Crippen LogP contribution in [0, 0.1) is 16.7 Å². The zero-order valence-corrected chi connectivity index (χ0v) is 17.5. The van der Waals surface area contributed by atoms with E-state index < -0.39 is 0 Å². The molecule has 0 aromatic heterocycles. The van der Waals surface area contributed by atoms with Gasteiger partial charge in [-0.25, -0.2) is 0 Å². The smallest absolute Gasteiger partial charge is 0.191 e. The van der Waals surface area contributed by atoms with Gasteiger partial charge in [-0.15, -0.1) is 24.0 Å². The van der Waals surface area contributed by atoms with Crippen LogP contribution in [0.5, 0.6) is 0 Å². The van der Waals surface area contributed by atoms with Crippen molar-refractivity contribution in [2.45, 2.75) is 71.4 Å². The van der Waals surface area contributed by atoms with E-state index in [-0.39, 0.29) is 29.4 Å². The molecule has 1 saturated heterocycles. The first-order chi connectivity index (χ1) is 10.5. The molecule has 0 spiro atoms. The SMILES string of the molecule is CCC1(CNC(=NC)NC2C3CCOC3C2(C)C)CCCC1.I. The number of fused-ring (bicyclic) bond motifs is 1. The second kappa shape index (κ2) is 7.46. The third kappa shape index (κ3) is 3.51. The van der Waals surface area contributed by atoms with Crippen molar-refractivity contribution in [2.75, 3.05) is 20.2 Å². The van der Waals surface area contributed by atoms with Crippen LogP contribution in [0.15, 0.2) is 4.99 Å². The van der Waals surface area contributed by atoms with Crippen molar-refractivity contribution in [3.8, 4) is 0 Å². The number of hydrogen-bond donors (Lipinski definition) is 2. The molecule has 2 aliphatic carbocycles. The van der Waals surface area contributed by atoms with Gasteiger partial charge in [0.05, 0.1) is 6.10 Å². The van der Waals surface area contributed by atoms with Crippen molar-refractivity contribution < 1.29 is 4.74 Å². The zero-order chi connectivity index (χ0) is 15.8. The average Bonchev–Trinajstić information content (AvgIpc) is 3.16. The average molecular weight is 435 g/mol. The molecule has 0 aromatic rings. The lowest BCUT2D eigenvalue weighted by atomic mass is 9.57. The van der Waals surface area contributed by atoms with Crippen LogP contribution in [0.2, 0.25) is 0 Å². The Labute approximate surface area is 158 Å². The van der Waals surface area contributed by atoms with Crippen molar-refractivity contribution >= 4 is 29.9 Å². The quantitative estimate of drug-likeness (QED) is 0.403. The maximum Gasteiger partial charge on any atom is 0.191 e. The Morgan fingerprint density at radius 3 is 2.57 bits per heavy atom. The molecule has 3 fully saturated rings. The molecule has 134 valence electrons. The summed E-state index contributed by atoms with van der Waals surface area (Å²) in [5.74, 6) is 1.63. The number of nitrogens with one attached hydrogen (secondary N) is 2. The highest BCUT2D eigenvalue weighted by atomic mass is 127. The van der Waals surface area contributed by atoms with Gasteiger partial charge in [0.15, 0.2) is 5.96 Å². The molecule has 3 rings (SSSR count). The number of ether oxygens (including phenoxy) is 1. The molecule has 1 heterocycles. The van der Waals surface area contributed by atoms with Crippen molar-refractivity contribution in [2.24, 2.45) is 21.7 Å². The lowest BCUT2D eigenvalue weighted by Crippen LogP contribution is -2.68. The predicted octanol–water partition coefficient (Wildman–Crippen LogP) is 3.55. The van der Waals surface area contributed by atoms with E-state index in [1.54, 1.807) is 0 Å². The molecule has 0 aromatic carbocycles. The summed E-state index contributed by atoms with van der Waals surface area (Å²) in [5, 5.41) is 7.31. The summed E-state index contributed by atoms with van der Waals surface area (Å²) in [6.45, 7) is 8.94. The van der Waals surface area contributed by atoms with Crippen LogP contribution >= 0.6 is 24.0 Å². The summed E-state index contributed by atoms with van der Waals surface area (Å²) in [4.78, 5) is 4.47. The minimum absolute atomic E-state index is 0. The Kier molecular flexibility index (Phi) is 6.26. The van der Waals surface area contributed by atoms with Crippen LogP contribution < -0.4 is 10.6 Å². The lowest BCUT2D eigenvalue weighted by molar-refractivity contribution is -0.106. The van der Waals surface area contributed by atoms with Gasteiger partial charge in [-0.1, -0.05) is 33.6 Å². The second-order valence-corrected chi connectivity index (χ2v) is 8.17. The van der Waals surface area contributed by atoms with Gasteiger partial charge in [0.25, 0.3) is 0 Å². The molecule has 2 N–H and O–H groups in total. The molecule has 0 radical (unpaired) electrons. The van der Waals surface area contributed by atoms with Crippen molar-refractivity contribution in [3.05, 3.63) is 0 Å². The minimum atomic E-state index is 0. The molecule has 23 heavy (non-hydrogen) atoms. The number of hydrogen-bond acceptors (Lipinski definition) is 2. The van der Waals surface area contributed by atoms with Crippen molar-refractivity contribution in [3.63, 3.8) is 0 Å². The molecule has 3 unspecified atom stereocenters. The lowest BCUT2D eigenvalue weighted by Gasteiger charge is -2.55. The summed E-state index contributed by atoms with van der Waals surface area (Å²) >= 11 is 0. The fraction of sp³-hybridized carbons (Fsp3) is 0.944. The zero-order valence-electron chi connectivity index (χ0n) is 15.2. The maximum absolute atomic E-state index is 5.89. The first-order valence-corrected chi connectivity index (χ1v) is 9.11. The number of guanidine groups is 1. The molecule has 3 atom stereocenters. The third-order valence-corrected chi connectivity index (χ3v) is 6.66. The van der Waals surface area contributed by atoms with Gasteiger partial charge in [0.1, 0.15) is 0 Å². The van der Waals surface area contributed by atoms with E-state index in [0.29, 0.717) is 23.5 Å². The minimum Gasteiger partial charge on any atom is -0.377 e. The molecule has 4 nitrogen and oxygen atoms in total. The molecule has 5 heteroatoms. The summed E-state index contributed by atoms with van der Waals surface area (Å²) in [6.07, 6.45) is 8.38. The molecular weight excluding hydrogens is 401 g/mol. The van der Waals surface area contributed by atoms with Crippen LogP contribution in [-0.2, 0) is 4.74 Å². The van der Waals surface area contributed by atoms with Gasteiger partial charge in [-0.2, -0.15) is 0 Å². The Hall–Kier alpha value is -0.0400. The Bertz CT molecular complexity index is 432. The standard InChI is InChI=1S/C18H33N3O.HI/c1-5-18(9-6-7-10-18)12-20-16(19-4)21-14-13-8-11-22-15(13)17(14,2)3;/h13-15H,5-12H2,1-4H3,(H2,19,20,21);1H. The summed E-state index contributed by atoms with van der Waals surface area (Å²) in [7, 11) is 1.89. The van der Waals surface area contributed by atoms with E-state index in [9.17, 15) is 0 Å². The maximum atomic E-state index is 5.89. The molecule has 2 saturated carbocycles. The van der Waals surface area contributed by atoms with Crippen LogP contribution in [0.25, 0.3) is 0 Å². The Morgan fingerprint density at radius 2 is 1.96 bits per heavy atom. The van der Waals surface area contributed by atoms with Crippen LogP contribution in [0.1, 0.15) is 59.3 Å². The van der Waals surface area contributed by atoms with Crippen LogP contribution in [-0.4, -0.2) is 38.3 Å². The normalized spacial score (nSPS) is 34.3. The van der Waals surface area contributed by atoms with Gasteiger partial charge < -0.3 is 15.4 Å². The van der Waals surface area contributed by atoms with Gasteiger partial charge in [-0.05, 0) is 31.1 Å². The van der Waals surface area contributed by atoms with Crippen molar-refractivity contribution in [1.82, 2.24) is 10.6 Å². The number of nitrogens with zero attached hydrogens (tertiary/aromatic N) is 1. The summed E-state index contributed by atoms with van der Waals surface area (Å²) in [6, 6.07) is 0.479. The van der Waals surface area contributed by atoms with E-state index >= 15 is 0 Å². The third-order valence-electron chi connectivity index (χ3n) is 6.66. The molecule has 0 amide bonds. The van der Waals surface area contributed by atoms with E-state index in [2.05, 4.69) is 36.4 Å². The van der Waals surface area contributed by atoms with E-state index in [1.807, 2.05) is 7.05 Å².